The maximum Gasteiger partial charge on any atom is 0.307 e. The van der Waals surface area contributed by atoms with E-state index in [1.54, 1.807) is 29.9 Å². The van der Waals surface area contributed by atoms with E-state index in [-0.39, 0.29) is 6.42 Å². The first-order chi connectivity index (χ1) is 8.16. The van der Waals surface area contributed by atoms with Crippen LogP contribution in [0, 0.1) is 6.92 Å². The van der Waals surface area contributed by atoms with Gasteiger partial charge in [0.2, 0.25) is 0 Å². The third-order valence-corrected chi connectivity index (χ3v) is 3.48. The molecule has 0 unspecified atom stereocenters. The van der Waals surface area contributed by atoms with Crippen LogP contribution in [0.1, 0.15) is 16.9 Å². The lowest BCUT2D eigenvalue weighted by atomic mass is 10.2. The summed E-state index contributed by atoms with van der Waals surface area (Å²) in [5, 5.41) is 9.63. The number of hydrogen-bond donors (Lipinski definition) is 1. The topological polar surface area (TPSA) is 55.1 Å². The van der Waals surface area contributed by atoms with Crippen molar-refractivity contribution in [3.05, 3.63) is 41.3 Å². The molecule has 0 saturated heterocycles. The largest absolute Gasteiger partial charge is 0.481 e. The monoisotopic (exact) mass is 248 g/mol. The molecule has 4 nitrogen and oxygen atoms in total. The number of carboxylic acids is 1. The van der Waals surface area contributed by atoms with Gasteiger partial charge < -0.3 is 5.11 Å². The summed E-state index contributed by atoms with van der Waals surface area (Å²) in [6, 6.07) is 2.06. The Morgan fingerprint density at radius 2 is 2.47 bits per heavy atom. The van der Waals surface area contributed by atoms with Gasteiger partial charge in [0.05, 0.1) is 12.7 Å². The van der Waals surface area contributed by atoms with Crippen molar-refractivity contribution in [1.82, 2.24) is 9.55 Å². The molecule has 2 rings (SSSR count). The number of aryl methyl sites for hydroxylation is 1. The summed E-state index contributed by atoms with van der Waals surface area (Å²) in [6.07, 6.45) is 8.94. The van der Waals surface area contributed by atoms with Crippen LogP contribution < -0.4 is 0 Å². The molecule has 0 radical (unpaired) electrons. The average molecular weight is 248 g/mol. The fraction of sp³-hybridized carbons (Fsp3) is 0.167. The van der Waals surface area contributed by atoms with Crippen molar-refractivity contribution in [2.45, 2.75) is 13.3 Å². The van der Waals surface area contributed by atoms with E-state index in [4.69, 9.17) is 5.11 Å². The molecule has 0 aromatic carbocycles. The molecule has 0 aliphatic carbocycles. The van der Waals surface area contributed by atoms with Crippen molar-refractivity contribution >= 4 is 23.4 Å². The maximum absolute atomic E-state index is 10.4. The molecule has 2 aromatic rings. The van der Waals surface area contributed by atoms with Crippen LogP contribution >= 0.6 is 11.3 Å². The van der Waals surface area contributed by atoms with Crippen molar-refractivity contribution in [2.75, 3.05) is 0 Å². The molecule has 1 N–H and O–H groups in total. The van der Waals surface area contributed by atoms with Gasteiger partial charge in [-0.25, -0.2) is 4.98 Å². The third-order valence-electron chi connectivity index (χ3n) is 2.26. The lowest BCUT2D eigenvalue weighted by Crippen LogP contribution is -1.89. The van der Waals surface area contributed by atoms with Crippen molar-refractivity contribution in [1.29, 1.82) is 0 Å². The zero-order valence-electron chi connectivity index (χ0n) is 9.33. The van der Waals surface area contributed by atoms with Crippen LogP contribution in [0.4, 0.5) is 0 Å². The quantitative estimate of drug-likeness (QED) is 0.905. The number of aliphatic carboxylic acids is 1. The first kappa shape index (κ1) is 11.6. The van der Waals surface area contributed by atoms with Gasteiger partial charge in [0.25, 0.3) is 0 Å². The van der Waals surface area contributed by atoms with E-state index in [9.17, 15) is 4.79 Å². The van der Waals surface area contributed by atoms with Crippen molar-refractivity contribution in [3.63, 3.8) is 0 Å². The summed E-state index contributed by atoms with van der Waals surface area (Å²) in [4.78, 5) is 15.5. The van der Waals surface area contributed by atoms with E-state index in [1.807, 2.05) is 23.8 Å². The fourth-order valence-corrected chi connectivity index (χ4v) is 2.49. The number of rotatable bonds is 4. The van der Waals surface area contributed by atoms with Crippen LogP contribution in [0.2, 0.25) is 0 Å². The van der Waals surface area contributed by atoms with Gasteiger partial charge in [-0.2, -0.15) is 0 Å². The van der Waals surface area contributed by atoms with Crippen LogP contribution in [0.25, 0.3) is 11.1 Å². The standard InChI is InChI=1S/C12H12N2O2S/c1-9-7-11(14-6-5-13-8-14)17-10(9)3-2-4-12(15)16/h2-3,5-8H,4H2,1H3,(H,15,16)/b3-2+. The highest BCUT2D eigenvalue weighted by Crippen LogP contribution is 2.26. The molecule has 0 saturated carbocycles. The zero-order chi connectivity index (χ0) is 12.3. The Labute approximate surface area is 103 Å². The van der Waals surface area contributed by atoms with Crippen LogP contribution in [-0.2, 0) is 4.79 Å². The highest BCUT2D eigenvalue weighted by Gasteiger charge is 2.04. The van der Waals surface area contributed by atoms with Gasteiger partial charge >= 0.3 is 5.97 Å². The Balaban J connectivity index is 2.19. The third kappa shape index (κ3) is 2.82. The Bertz CT molecular complexity index is 541. The van der Waals surface area contributed by atoms with Gasteiger partial charge in [-0.05, 0) is 24.6 Å². The number of aromatic nitrogens is 2. The molecule has 0 atom stereocenters. The SMILES string of the molecule is Cc1cc(-n2ccnc2)sc1/C=C/CC(=O)O. The molecule has 0 amide bonds. The summed E-state index contributed by atoms with van der Waals surface area (Å²) < 4.78 is 1.94. The summed E-state index contributed by atoms with van der Waals surface area (Å²) >= 11 is 1.61. The van der Waals surface area contributed by atoms with E-state index >= 15 is 0 Å². The normalized spacial score (nSPS) is 11.1. The second-order valence-corrected chi connectivity index (χ2v) is 4.66. The average Bonchev–Trinajstić information content (AvgIpc) is 2.87. The number of nitrogens with zero attached hydrogens (tertiary/aromatic N) is 2. The van der Waals surface area contributed by atoms with Gasteiger partial charge in [0.1, 0.15) is 5.00 Å². The number of carbonyl (C=O) groups is 1. The Hall–Kier alpha value is -1.88. The van der Waals surface area contributed by atoms with Crippen molar-refractivity contribution in [3.8, 4) is 5.00 Å². The molecule has 2 aromatic heterocycles. The molecule has 0 spiro atoms. The Kier molecular flexibility index (Phi) is 3.39. The zero-order valence-corrected chi connectivity index (χ0v) is 10.1. The van der Waals surface area contributed by atoms with E-state index in [0.717, 1.165) is 15.4 Å². The lowest BCUT2D eigenvalue weighted by Gasteiger charge is -1.93. The molecule has 17 heavy (non-hydrogen) atoms. The van der Waals surface area contributed by atoms with Gasteiger partial charge in [0, 0.05) is 17.3 Å². The lowest BCUT2D eigenvalue weighted by molar-refractivity contribution is -0.135. The van der Waals surface area contributed by atoms with Crippen LogP contribution in [0.15, 0.2) is 30.9 Å². The number of carboxylic acid groups (broad SMARTS) is 1. The van der Waals surface area contributed by atoms with Crippen molar-refractivity contribution in [2.24, 2.45) is 0 Å². The first-order valence-corrected chi connectivity index (χ1v) is 5.95. The minimum atomic E-state index is -0.815. The predicted molar refractivity (Wildman–Crippen MR) is 67.5 cm³/mol. The second-order valence-electron chi connectivity index (χ2n) is 3.60. The van der Waals surface area contributed by atoms with Gasteiger partial charge in [-0.1, -0.05) is 6.08 Å². The molecule has 2 heterocycles. The van der Waals surface area contributed by atoms with Crippen LogP contribution in [-0.4, -0.2) is 20.6 Å². The molecule has 5 heteroatoms. The summed E-state index contributed by atoms with van der Waals surface area (Å²) in [6.45, 7) is 2.01. The van der Waals surface area contributed by atoms with E-state index in [1.165, 1.54) is 0 Å². The summed E-state index contributed by atoms with van der Waals surface area (Å²) in [7, 11) is 0. The number of imidazole rings is 1. The Morgan fingerprint density at radius 1 is 1.65 bits per heavy atom. The molecule has 0 fully saturated rings. The van der Waals surface area contributed by atoms with E-state index in [2.05, 4.69) is 11.1 Å². The van der Waals surface area contributed by atoms with Gasteiger partial charge in [-0.15, -0.1) is 11.3 Å². The smallest absolute Gasteiger partial charge is 0.307 e. The fourth-order valence-electron chi connectivity index (χ4n) is 1.43. The second kappa shape index (κ2) is 4.97. The summed E-state index contributed by atoms with van der Waals surface area (Å²) in [5.74, 6) is -0.815. The van der Waals surface area contributed by atoms with Crippen LogP contribution in [0.5, 0.6) is 0 Å². The van der Waals surface area contributed by atoms with Gasteiger partial charge in [-0.3, -0.25) is 9.36 Å². The van der Waals surface area contributed by atoms with E-state index < -0.39 is 5.97 Å². The molecule has 0 bridgehead atoms. The maximum atomic E-state index is 10.4. The van der Waals surface area contributed by atoms with Crippen molar-refractivity contribution < 1.29 is 9.90 Å². The molecular weight excluding hydrogens is 236 g/mol. The van der Waals surface area contributed by atoms with E-state index in [0.29, 0.717) is 0 Å². The number of hydrogen-bond acceptors (Lipinski definition) is 3. The molecular formula is C12H12N2O2S. The minimum absolute atomic E-state index is 0.0533. The Morgan fingerprint density at radius 3 is 3.12 bits per heavy atom. The minimum Gasteiger partial charge on any atom is -0.481 e. The highest BCUT2D eigenvalue weighted by atomic mass is 32.1. The molecule has 0 aliphatic rings. The van der Waals surface area contributed by atoms with Gasteiger partial charge in [0.15, 0.2) is 0 Å². The summed E-state index contributed by atoms with van der Waals surface area (Å²) in [5.41, 5.74) is 1.14. The van der Waals surface area contributed by atoms with Crippen LogP contribution in [0.3, 0.4) is 0 Å². The first-order valence-electron chi connectivity index (χ1n) is 5.14. The highest BCUT2D eigenvalue weighted by molar-refractivity contribution is 7.15. The number of thiophene rings is 1. The predicted octanol–water partition coefficient (Wildman–Crippen LogP) is 2.73. The molecule has 0 aliphatic heterocycles. The molecule has 88 valence electrons.